The lowest BCUT2D eigenvalue weighted by molar-refractivity contribution is 0.281. The number of hydrogen-bond donors (Lipinski definition) is 0. The highest BCUT2D eigenvalue weighted by Gasteiger charge is 2.21. The minimum atomic E-state index is -3.75. The predicted molar refractivity (Wildman–Crippen MR) is 158 cm³/mol. The Morgan fingerprint density at radius 2 is 1.50 bits per heavy atom. The molecule has 1 aromatic heterocycles. The van der Waals surface area contributed by atoms with Gasteiger partial charge >= 0.3 is 0 Å². The third kappa shape index (κ3) is 5.60. The largest absolute Gasteiger partial charge is 0.493 e. The SMILES string of the molecule is C=CCc1c(OCc2ccc(OCc3ccccc3)c(OC)c2)ccc2c1ccn2S(=O)(=O)c1ccc(C)cc1. The molecule has 7 heteroatoms. The van der Waals surface area contributed by atoms with Crippen molar-refractivity contribution < 1.29 is 22.6 Å². The van der Waals surface area contributed by atoms with Crippen LogP contribution in [0.4, 0.5) is 0 Å². The molecule has 0 saturated heterocycles. The summed E-state index contributed by atoms with van der Waals surface area (Å²) in [5, 5.41) is 0.801. The summed E-state index contributed by atoms with van der Waals surface area (Å²) >= 11 is 0. The van der Waals surface area contributed by atoms with Crippen molar-refractivity contribution in [3.63, 3.8) is 0 Å². The van der Waals surface area contributed by atoms with Crippen LogP contribution in [-0.2, 0) is 29.7 Å². The summed E-state index contributed by atoms with van der Waals surface area (Å²) in [6, 6.07) is 27.9. The molecular formula is C33H31NO5S. The average molecular weight is 554 g/mol. The Bertz CT molecular complexity index is 1740. The normalized spacial score (nSPS) is 11.3. The zero-order chi connectivity index (χ0) is 28.1. The molecule has 0 amide bonds. The number of benzene rings is 4. The summed E-state index contributed by atoms with van der Waals surface area (Å²) in [6.45, 7) is 6.56. The van der Waals surface area contributed by atoms with Crippen molar-refractivity contribution in [2.24, 2.45) is 0 Å². The van der Waals surface area contributed by atoms with Gasteiger partial charge in [0.15, 0.2) is 11.5 Å². The Morgan fingerprint density at radius 3 is 2.23 bits per heavy atom. The molecule has 0 atom stereocenters. The second-order valence-electron chi connectivity index (χ2n) is 9.45. The monoisotopic (exact) mass is 553 g/mol. The zero-order valence-corrected chi connectivity index (χ0v) is 23.4. The van der Waals surface area contributed by atoms with E-state index in [0.717, 1.165) is 27.6 Å². The Kier molecular flexibility index (Phi) is 7.94. The Labute approximate surface area is 235 Å². The van der Waals surface area contributed by atoms with Crippen molar-refractivity contribution >= 4 is 20.9 Å². The summed E-state index contributed by atoms with van der Waals surface area (Å²) in [5.74, 6) is 1.94. The molecule has 4 aromatic carbocycles. The van der Waals surface area contributed by atoms with Crippen LogP contribution in [0.3, 0.4) is 0 Å². The van der Waals surface area contributed by atoms with Crippen LogP contribution < -0.4 is 14.2 Å². The summed E-state index contributed by atoms with van der Waals surface area (Å²) in [5.41, 5.74) is 4.44. The lowest BCUT2D eigenvalue weighted by atomic mass is 10.1. The number of fused-ring (bicyclic) bond motifs is 1. The summed E-state index contributed by atoms with van der Waals surface area (Å²) in [7, 11) is -2.14. The Balaban J connectivity index is 1.38. The van der Waals surface area contributed by atoms with Gasteiger partial charge in [-0.25, -0.2) is 12.4 Å². The molecule has 5 aromatic rings. The van der Waals surface area contributed by atoms with Crippen LogP contribution in [0, 0.1) is 6.92 Å². The molecule has 0 aliphatic heterocycles. The van der Waals surface area contributed by atoms with Crippen molar-refractivity contribution in [2.75, 3.05) is 7.11 Å². The van der Waals surface area contributed by atoms with Crippen molar-refractivity contribution in [2.45, 2.75) is 31.5 Å². The van der Waals surface area contributed by atoms with Crippen LogP contribution >= 0.6 is 0 Å². The van der Waals surface area contributed by atoms with E-state index in [2.05, 4.69) is 6.58 Å². The van der Waals surface area contributed by atoms with E-state index in [1.165, 1.54) is 3.97 Å². The van der Waals surface area contributed by atoms with Gasteiger partial charge in [0.1, 0.15) is 19.0 Å². The van der Waals surface area contributed by atoms with Gasteiger partial charge in [0.2, 0.25) is 0 Å². The molecule has 0 saturated carbocycles. The topological polar surface area (TPSA) is 66.8 Å². The number of allylic oxidation sites excluding steroid dienone is 1. The van der Waals surface area contributed by atoms with Crippen LogP contribution in [-0.4, -0.2) is 19.5 Å². The minimum Gasteiger partial charge on any atom is -0.493 e. The van der Waals surface area contributed by atoms with Crippen LogP contribution in [0.1, 0.15) is 22.3 Å². The van der Waals surface area contributed by atoms with Gasteiger partial charge < -0.3 is 14.2 Å². The molecule has 0 radical (unpaired) electrons. The number of rotatable bonds is 11. The molecule has 0 N–H and O–H groups in total. The highest BCUT2D eigenvalue weighted by molar-refractivity contribution is 7.90. The zero-order valence-electron chi connectivity index (χ0n) is 22.5. The smallest absolute Gasteiger partial charge is 0.268 e. The van der Waals surface area contributed by atoms with Gasteiger partial charge in [-0.2, -0.15) is 0 Å². The standard InChI is InChI=1S/C33H31NO5S/c1-4-8-29-28-19-20-34(40(35,36)27-14-11-24(2)12-15-27)30(28)16-18-31(29)38-23-26-13-17-32(33(21-26)37-3)39-22-25-9-6-5-7-10-25/h4-7,9-21H,1,8,22-23H2,2-3H3. The number of aromatic nitrogens is 1. The third-order valence-electron chi connectivity index (χ3n) is 6.69. The fourth-order valence-corrected chi connectivity index (χ4v) is 5.92. The maximum atomic E-state index is 13.4. The number of hydrogen-bond acceptors (Lipinski definition) is 5. The fourth-order valence-electron chi connectivity index (χ4n) is 4.57. The molecule has 204 valence electrons. The van der Waals surface area contributed by atoms with Gasteiger partial charge in [0.25, 0.3) is 10.0 Å². The number of ether oxygens (including phenoxy) is 3. The second-order valence-corrected chi connectivity index (χ2v) is 11.3. The Morgan fingerprint density at radius 1 is 0.800 bits per heavy atom. The molecule has 40 heavy (non-hydrogen) atoms. The van der Waals surface area contributed by atoms with Crippen LogP contribution in [0.25, 0.3) is 10.9 Å². The van der Waals surface area contributed by atoms with Gasteiger partial charge in [-0.3, -0.25) is 0 Å². The minimum absolute atomic E-state index is 0.242. The van der Waals surface area contributed by atoms with Crippen LogP contribution in [0.15, 0.2) is 115 Å². The highest BCUT2D eigenvalue weighted by Crippen LogP contribution is 2.33. The first-order valence-electron chi connectivity index (χ1n) is 12.9. The maximum absolute atomic E-state index is 13.4. The first kappa shape index (κ1) is 27.1. The van der Waals surface area contributed by atoms with E-state index in [-0.39, 0.29) is 4.90 Å². The molecule has 0 bridgehead atoms. The molecule has 0 aliphatic rings. The highest BCUT2D eigenvalue weighted by atomic mass is 32.2. The summed E-state index contributed by atoms with van der Waals surface area (Å²) < 4.78 is 45.9. The van der Waals surface area contributed by atoms with Gasteiger partial charge in [0, 0.05) is 17.1 Å². The predicted octanol–water partition coefficient (Wildman–Crippen LogP) is 7.08. The molecule has 0 aliphatic carbocycles. The van der Waals surface area contributed by atoms with Gasteiger partial charge in [-0.15, -0.1) is 6.58 Å². The first-order chi connectivity index (χ1) is 19.4. The van der Waals surface area contributed by atoms with E-state index in [1.54, 1.807) is 49.7 Å². The lowest BCUT2D eigenvalue weighted by Gasteiger charge is -2.15. The first-order valence-corrected chi connectivity index (χ1v) is 14.4. The number of nitrogens with zero attached hydrogens (tertiary/aromatic N) is 1. The fraction of sp³-hybridized carbons (Fsp3) is 0.152. The van der Waals surface area contributed by atoms with Crippen LogP contribution in [0.2, 0.25) is 0 Å². The van der Waals surface area contributed by atoms with E-state index in [1.807, 2.05) is 67.6 Å². The second kappa shape index (κ2) is 11.7. The van der Waals surface area contributed by atoms with E-state index >= 15 is 0 Å². The van der Waals surface area contributed by atoms with E-state index < -0.39 is 10.0 Å². The molecule has 1 heterocycles. The van der Waals surface area contributed by atoms with Gasteiger partial charge in [0.05, 0.1) is 17.5 Å². The lowest BCUT2D eigenvalue weighted by Crippen LogP contribution is -2.11. The maximum Gasteiger partial charge on any atom is 0.268 e. The molecule has 0 fully saturated rings. The molecule has 5 rings (SSSR count). The van der Waals surface area contributed by atoms with E-state index in [0.29, 0.717) is 42.4 Å². The quantitative estimate of drug-likeness (QED) is 0.164. The molecule has 6 nitrogen and oxygen atoms in total. The van der Waals surface area contributed by atoms with Crippen molar-refractivity contribution in [1.82, 2.24) is 3.97 Å². The van der Waals surface area contributed by atoms with Crippen molar-refractivity contribution in [3.05, 3.63) is 132 Å². The molecule has 0 spiro atoms. The number of methoxy groups -OCH3 is 1. The van der Waals surface area contributed by atoms with E-state index in [9.17, 15) is 8.42 Å². The molecular weight excluding hydrogens is 522 g/mol. The average Bonchev–Trinajstić information content (AvgIpc) is 3.42. The Hall–Kier alpha value is -4.49. The third-order valence-corrected chi connectivity index (χ3v) is 8.40. The van der Waals surface area contributed by atoms with Gasteiger partial charge in [-0.05, 0) is 66.9 Å². The summed E-state index contributed by atoms with van der Waals surface area (Å²) in [6.07, 6.45) is 3.90. The van der Waals surface area contributed by atoms with Crippen molar-refractivity contribution in [1.29, 1.82) is 0 Å². The number of aryl methyl sites for hydroxylation is 1. The molecule has 0 unspecified atom stereocenters. The van der Waals surface area contributed by atoms with Crippen molar-refractivity contribution in [3.8, 4) is 17.2 Å². The van der Waals surface area contributed by atoms with E-state index in [4.69, 9.17) is 14.2 Å². The summed E-state index contributed by atoms with van der Waals surface area (Å²) in [4.78, 5) is 0.242. The van der Waals surface area contributed by atoms with Gasteiger partial charge in [-0.1, -0.05) is 60.2 Å². The van der Waals surface area contributed by atoms with Crippen LogP contribution in [0.5, 0.6) is 17.2 Å².